The molecule has 2 heterocycles. The Morgan fingerprint density at radius 2 is 2.17 bits per heavy atom. The third kappa shape index (κ3) is 4.53. The molecule has 1 unspecified atom stereocenters. The summed E-state index contributed by atoms with van der Waals surface area (Å²) < 4.78 is 46.8. The molecule has 3 atom stereocenters. The Bertz CT molecular complexity index is 1060. The number of carbonyl (C=O) groups excluding carboxylic acids is 1. The van der Waals surface area contributed by atoms with E-state index in [1.165, 1.54) is 6.07 Å². The van der Waals surface area contributed by atoms with Crippen LogP contribution in [0, 0.1) is 5.92 Å². The van der Waals surface area contributed by atoms with Crippen LogP contribution in [-0.2, 0) is 4.79 Å². The van der Waals surface area contributed by atoms with E-state index in [1.807, 2.05) is 18.2 Å². The highest BCUT2D eigenvalue weighted by atomic mass is 32.1. The minimum atomic E-state index is -4.38. The molecule has 1 amide bonds. The number of fused-ring (bicyclic) bond motifs is 1. The fourth-order valence-corrected chi connectivity index (χ4v) is 4.15. The monoisotopic (exact) mass is 439 g/mol. The Morgan fingerprint density at radius 1 is 1.37 bits per heavy atom. The Hall–Kier alpha value is -2.75. The summed E-state index contributed by atoms with van der Waals surface area (Å²) in [6, 6.07) is 8.38. The number of rotatable bonds is 7. The van der Waals surface area contributed by atoms with Crippen LogP contribution in [0.1, 0.15) is 36.0 Å². The van der Waals surface area contributed by atoms with Gasteiger partial charge in [-0.25, -0.2) is 4.98 Å². The van der Waals surface area contributed by atoms with Crippen LogP contribution < -0.4 is 14.8 Å². The number of alkyl halides is 3. The number of ether oxygens (including phenoxy) is 2. The average Bonchev–Trinajstić information content (AvgIpc) is 3.16. The van der Waals surface area contributed by atoms with Crippen LogP contribution in [0.15, 0.2) is 30.3 Å². The predicted molar refractivity (Wildman–Crippen MR) is 106 cm³/mol. The molecule has 0 spiro atoms. The molecule has 1 aromatic carbocycles. The van der Waals surface area contributed by atoms with Gasteiger partial charge in [0.15, 0.2) is 11.7 Å². The number of aromatic nitrogens is 2. The van der Waals surface area contributed by atoms with Crippen LogP contribution in [0.5, 0.6) is 10.8 Å². The summed E-state index contributed by atoms with van der Waals surface area (Å²) in [5.41, 5.74) is 1.67. The number of imidazole rings is 1. The SMILES string of the molecule is COc1ccc2nc([C@@H]3C[C@H]3C(=O)NC(C)c3ccc(OCC(F)(F)F)s3)[nH]c2c1. The number of hydrogen-bond acceptors (Lipinski definition) is 5. The standard InChI is InChI=1S/C20H20F3N3O3S/c1-10(16-5-6-17(30-16)29-9-20(21,22)23)24-19(27)13-8-12(13)18-25-14-4-3-11(28-2)7-15(14)26-18/h3-7,10,12-13H,8-9H2,1-2H3,(H,24,27)(H,25,26)/t10?,12-,13-/m1/s1. The molecule has 3 aromatic rings. The lowest BCUT2D eigenvalue weighted by molar-refractivity contribution is -0.152. The first-order valence-electron chi connectivity index (χ1n) is 9.37. The van der Waals surface area contributed by atoms with Crippen molar-refractivity contribution in [1.29, 1.82) is 0 Å². The fraction of sp³-hybridized carbons (Fsp3) is 0.400. The molecule has 4 rings (SSSR count). The maximum absolute atomic E-state index is 12.6. The summed E-state index contributed by atoms with van der Waals surface area (Å²) in [5, 5.41) is 3.10. The van der Waals surface area contributed by atoms with Gasteiger partial charge in [0.25, 0.3) is 0 Å². The zero-order valence-corrected chi connectivity index (χ0v) is 17.1. The van der Waals surface area contributed by atoms with E-state index in [1.54, 1.807) is 20.1 Å². The van der Waals surface area contributed by atoms with Gasteiger partial charge in [0, 0.05) is 22.8 Å². The largest absolute Gasteiger partial charge is 0.497 e. The lowest BCUT2D eigenvalue weighted by Gasteiger charge is -2.12. The van der Waals surface area contributed by atoms with Gasteiger partial charge in [0.2, 0.25) is 5.91 Å². The van der Waals surface area contributed by atoms with Crippen molar-refractivity contribution in [1.82, 2.24) is 15.3 Å². The van der Waals surface area contributed by atoms with E-state index >= 15 is 0 Å². The lowest BCUT2D eigenvalue weighted by Crippen LogP contribution is -2.28. The number of benzene rings is 1. The molecule has 2 aromatic heterocycles. The summed E-state index contributed by atoms with van der Waals surface area (Å²) in [4.78, 5) is 21.2. The van der Waals surface area contributed by atoms with Crippen LogP contribution in [-0.4, -0.2) is 35.8 Å². The number of H-pyrrole nitrogens is 1. The van der Waals surface area contributed by atoms with E-state index in [0.29, 0.717) is 6.42 Å². The molecule has 0 bridgehead atoms. The van der Waals surface area contributed by atoms with Crippen LogP contribution in [0.3, 0.4) is 0 Å². The number of amides is 1. The minimum absolute atomic E-state index is 0.0182. The summed E-state index contributed by atoms with van der Waals surface area (Å²) in [6.45, 7) is 0.461. The molecule has 0 aliphatic heterocycles. The molecule has 0 radical (unpaired) electrons. The first-order chi connectivity index (χ1) is 14.2. The minimum Gasteiger partial charge on any atom is -0.497 e. The van der Waals surface area contributed by atoms with Gasteiger partial charge in [0.1, 0.15) is 11.6 Å². The van der Waals surface area contributed by atoms with E-state index in [-0.39, 0.29) is 28.8 Å². The zero-order chi connectivity index (χ0) is 21.5. The number of aromatic amines is 1. The summed E-state index contributed by atoms with van der Waals surface area (Å²) in [7, 11) is 1.60. The van der Waals surface area contributed by atoms with Crippen LogP contribution in [0.2, 0.25) is 0 Å². The average molecular weight is 439 g/mol. The van der Waals surface area contributed by atoms with E-state index < -0.39 is 12.8 Å². The fourth-order valence-electron chi connectivity index (χ4n) is 3.29. The third-order valence-corrected chi connectivity index (χ3v) is 6.13. The number of nitrogens with one attached hydrogen (secondary N) is 2. The second kappa shape index (κ2) is 7.82. The van der Waals surface area contributed by atoms with E-state index in [9.17, 15) is 18.0 Å². The van der Waals surface area contributed by atoms with Gasteiger partial charge in [-0.2, -0.15) is 13.2 Å². The van der Waals surface area contributed by atoms with E-state index in [0.717, 1.165) is 38.8 Å². The maximum atomic E-state index is 12.6. The van der Waals surface area contributed by atoms with Gasteiger partial charge in [-0.1, -0.05) is 0 Å². The van der Waals surface area contributed by atoms with Gasteiger partial charge in [-0.3, -0.25) is 4.79 Å². The van der Waals surface area contributed by atoms with Gasteiger partial charge < -0.3 is 19.8 Å². The smallest absolute Gasteiger partial charge is 0.422 e. The summed E-state index contributed by atoms with van der Waals surface area (Å²) in [6.07, 6.45) is -3.69. The Labute approximate surface area is 174 Å². The second-order valence-corrected chi connectivity index (χ2v) is 8.32. The molecule has 160 valence electrons. The number of methoxy groups -OCH3 is 1. The van der Waals surface area contributed by atoms with Crippen molar-refractivity contribution < 1.29 is 27.4 Å². The normalized spacial score (nSPS) is 19.5. The molecule has 1 fully saturated rings. The number of halogens is 3. The number of nitrogens with zero attached hydrogens (tertiary/aromatic N) is 1. The molecule has 30 heavy (non-hydrogen) atoms. The highest BCUT2D eigenvalue weighted by molar-refractivity contribution is 7.13. The highest BCUT2D eigenvalue weighted by Crippen LogP contribution is 2.47. The number of carbonyl (C=O) groups is 1. The van der Waals surface area contributed by atoms with Crippen LogP contribution in [0.25, 0.3) is 11.0 Å². The molecule has 6 nitrogen and oxygen atoms in total. The van der Waals surface area contributed by atoms with Crippen LogP contribution >= 0.6 is 11.3 Å². The molecule has 2 N–H and O–H groups in total. The molecule has 0 saturated heterocycles. The first kappa shape index (κ1) is 20.5. The third-order valence-electron chi connectivity index (χ3n) is 4.95. The topological polar surface area (TPSA) is 76.2 Å². The molecule has 1 saturated carbocycles. The van der Waals surface area contributed by atoms with Crippen LogP contribution in [0.4, 0.5) is 13.2 Å². The number of thiophene rings is 1. The van der Waals surface area contributed by atoms with Gasteiger partial charge in [-0.15, -0.1) is 11.3 Å². The van der Waals surface area contributed by atoms with Gasteiger partial charge in [0.05, 0.1) is 24.2 Å². The Morgan fingerprint density at radius 3 is 2.90 bits per heavy atom. The van der Waals surface area contributed by atoms with Crippen molar-refractivity contribution in [3.8, 4) is 10.8 Å². The number of hydrogen-bond donors (Lipinski definition) is 2. The lowest BCUT2D eigenvalue weighted by atomic mass is 10.2. The predicted octanol–water partition coefficient (Wildman–Crippen LogP) is 4.56. The van der Waals surface area contributed by atoms with Crippen molar-refractivity contribution in [3.05, 3.63) is 41.0 Å². The van der Waals surface area contributed by atoms with Crippen molar-refractivity contribution in [2.24, 2.45) is 5.92 Å². The zero-order valence-electron chi connectivity index (χ0n) is 16.2. The van der Waals surface area contributed by atoms with Crippen molar-refractivity contribution in [3.63, 3.8) is 0 Å². The Balaban J connectivity index is 1.34. The molecule has 10 heteroatoms. The van der Waals surface area contributed by atoms with Crippen molar-refractivity contribution in [2.45, 2.75) is 31.5 Å². The molecule has 1 aliphatic carbocycles. The van der Waals surface area contributed by atoms with E-state index in [2.05, 4.69) is 15.3 Å². The molecular formula is C20H20F3N3O3S. The quantitative estimate of drug-likeness (QED) is 0.566. The summed E-state index contributed by atoms with van der Waals surface area (Å²) >= 11 is 1.09. The molecular weight excluding hydrogens is 419 g/mol. The van der Waals surface area contributed by atoms with Gasteiger partial charge in [-0.05, 0) is 37.6 Å². The maximum Gasteiger partial charge on any atom is 0.422 e. The van der Waals surface area contributed by atoms with Crippen molar-refractivity contribution >= 4 is 28.3 Å². The van der Waals surface area contributed by atoms with Crippen molar-refractivity contribution in [2.75, 3.05) is 13.7 Å². The second-order valence-electron chi connectivity index (χ2n) is 7.24. The van der Waals surface area contributed by atoms with Gasteiger partial charge >= 0.3 is 6.18 Å². The summed E-state index contributed by atoms with van der Waals surface area (Å²) in [5.74, 6) is 1.23. The highest BCUT2D eigenvalue weighted by Gasteiger charge is 2.46. The molecule has 1 aliphatic rings. The Kier molecular flexibility index (Phi) is 5.35. The van der Waals surface area contributed by atoms with E-state index in [4.69, 9.17) is 9.47 Å². The first-order valence-corrected chi connectivity index (χ1v) is 10.2.